The summed E-state index contributed by atoms with van der Waals surface area (Å²) in [6.07, 6.45) is 0.371. The Morgan fingerprint density at radius 3 is 2.75 bits per heavy atom. The first-order valence-electron chi connectivity index (χ1n) is 6.65. The minimum absolute atomic E-state index is 0.179. The number of benzene rings is 1. The van der Waals surface area contributed by atoms with Crippen molar-refractivity contribution >= 4 is 21.9 Å². The highest BCUT2D eigenvalue weighted by Gasteiger charge is 2.14. The standard InChI is InChI=1S/C14H18BrNO4/c1-2-18-14(17)3-4-16-9-10-7-12-13(8-11(10)15)20-6-5-19-12/h7-8,16H,2-6,9H2,1H3. The normalized spacial score (nSPS) is 13.1. The van der Waals surface area contributed by atoms with Crippen LogP contribution in [0.1, 0.15) is 18.9 Å². The van der Waals surface area contributed by atoms with Gasteiger partial charge in [-0.25, -0.2) is 0 Å². The average molecular weight is 344 g/mol. The van der Waals surface area contributed by atoms with Gasteiger partial charge in [-0.2, -0.15) is 0 Å². The van der Waals surface area contributed by atoms with Crippen LogP contribution < -0.4 is 14.8 Å². The number of halogens is 1. The minimum atomic E-state index is -0.179. The molecule has 1 aromatic rings. The van der Waals surface area contributed by atoms with E-state index in [1.807, 2.05) is 12.1 Å². The van der Waals surface area contributed by atoms with Gasteiger partial charge in [0.25, 0.3) is 0 Å². The largest absolute Gasteiger partial charge is 0.486 e. The molecule has 20 heavy (non-hydrogen) atoms. The van der Waals surface area contributed by atoms with Crippen molar-refractivity contribution in [2.75, 3.05) is 26.4 Å². The van der Waals surface area contributed by atoms with E-state index in [0.717, 1.165) is 21.5 Å². The molecule has 5 nitrogen and oxygen atoms in total. The predicted octanol–water partition coefficient (Wildman–Crippen LogP) is 2.26. The van der Waals surface area contributed by atoms with Crippen LogP contribution in [0.5, 0.6) is 11.5 Å². The second-order valence-corrected chi connectivity index (χ2v) is 5.17. The number of fused-ring (bicyclic) bond motifs is 1. The number of carbonyl (C=O) groups is 1. The molecule has 0 saturated carbocycles. The van der Waals surface area contributed by atoms with E-state index in [1.54, 1.807) is 6.92 Å². The summed E-state index contributed by atoms with van der Waals surface area (Å²) >= 11 is 3.51. The van der Waals surface area contributed by atoms with Crippen LogP contribution in [0.4, 0.5) is 0 Å². The fraction of sp³-hybridized carbons (Fsp3) is 0.500. The lowest BCUT2D eigenvalue weighted by Gasteiger charge is -2.20. The van der Waals surface area contributed by atoms with Gasteiger partial charge in [0.2, 0.25) is 0 Å². The Morgan fingerprint density at radius 1 is 1.35 bits per heavy atom. The topological polar surface area (TPSA) is 56.8 Å². The molecule has 0 spiro atoms. The molecule has 0 saturated heterocycles. The van der Waals surface area contributed by atoms with Crippen molar-refractivity contribution in [1.82, 2.24) is 5.32 Å². The van der Waals surface area contributed by atoms with E-state index in [4.69, 9.17) is 14.2 Å². The smallest absolute Gasteiger partial charge is 0.307 e. The molecular formula is C14H18BrNO4. The summed E-state index contributed by atoms with van der Waals surface area (Å²) in [6.45, 7) is 4.61. The van der Waals surface area contributed by atoms with Gasteiger partial charge in [0.05, 0.1) is 13.0 Å². The zero-order chi connectivity index (χ0) is 14.4. The van der Waals surface area contributed by atoms with Crippen molar-refractivity contribution in [1.29, 1.82) is 0 Å². The molecule has 0 amide bonds. The van der Waals surface area contributed by atoms with Gasteiger partial charge in [-0.3, -0.25) is 4.79 Å². The highest BCUT2D eigenvalue weighted by molar-refractivity contribution is 9.10. The van der Waals surface area contributed by atoms with E-state index in [9.17, 15) is 4.79 Å². The number of hydrogen-bond donors (Lipinski definition) is 1. The van der Waals surface area contributed by atoms with Crippen LogP contribution in [0.2, 0.25) is 0 Å². The quantitative estimate of drug-likeness (QED) is 0.634. The Labute approximate surface area is 126 Å². The van der Waals surface area contributed by atoms with Crippen LogP contribution in [0.15, 0.2) is 16.6 Å². The van der Waals surface area contributed by atoms with Gasteiger partial charge < -0.3 is 19.5 Å². The van der Waals surface area contributed by atoms with E-state index >= 15 is 0 Å². The fourth-order valence-electron chi connectivity index (χ4n) is 1.89. The first-order valence-corrected chi connectivity index (χ1v) is 7.44. The Bertz CT molecular complexity index is 478. The third-order valence-electron chi connectivity index (χ3n) is 2.84. The molecule has 1 N–H and O–H groups in total. The lowest BCUT2D eigenvalue weighted by Crippen LogP contribution is -2.20. The summed E-state index contributed by atoms with van der Waals surface area (Å²) in [5.74, 6) is 1.35. The summed E-state index contributed by atoms with van der Waals surface area (Å²) in [6, 6.07) is 3.87. The maximum Gasteiger partial charge on any atom is 0.307 e. The molecule has 0 fully saturated rings. The van der Waals surface area contributed by atoms with Gasteiger partial charge in [0.1, 0.15) is 13.2 Å². The van der Waals surface area contributed by atoms with Crippen molar-refractivity contribution in [3.8, 4) is 11.5 Å². The van der Waals surface area contributed by atoms with Crippen molar-refractivity contribution < 1.29 is 19.0 Å². The van der Waals surface area contributed by atoms with E-state index < -0.39 is 0 Å². The zero-order valence-electron chi connectivity index (χ0n) is 11.4. The first kappa shape index (κ1) is 15.1. The maximum atomic E-state index is 11.2. The Kier molecular flexibility index (Phi) is 5.67. The number of rotatable bonds is 6. The van der Waals surface area contributed by atoms with Crippen LogP contribution in [0.25, 0.3) is 0 Å². The van der Waals surface area contributed by atoms with Gasteiger partial charge >= 0.3 is 5.97 Å². The Balaban J connectivity index is 1.85. The predicted molar refractivity (Wildman–Crippen MR) is 78.1 cm³/mol. The summed E-state index contributed by atoms with van der Waals surface area (Å²) in [4.78, 5) is 11.2. The van der Waals surface area contributed by atoms with E-state index in [1.165, 1.54) is 0 Å². The molecule has 0 atom stereocenters. The first-order chi connectivity index (χ1) is 9.70. The van der Waals surface area contributed by atoms with Gasteiger partial charge in [-0.05, 0) is 24.6 Å². The molecule has 0 aromatic heterocycles. The highest BCUT2D eigenvalue weighted by Crippen LogP contribution is 2.35. The van der Waals surface area contributed by atoms with Crippen molar-refractivity contribution in [2.24, 2.45) is 0 Å². The highest BCUT2D eigenvalue weighted by atomic mass is 79.9. The second-order valence-electron chi connectivity index (χ2n) is 4.32. The molecule has 0 radical (unpaired) electrons. The molecule has 0 unspecified atom stereocenters. The van der Waals surface area contributed by atoms with Gasteiger partial charge in [0.15, 0.2) is 11.5 Å². The van der Waals surface area contributed by atoms with Gasteiger partial charge in [-0.1, -0.05) is 15.9 Å². The molecule has 110 valence electrons. The fourth-order valence-corrected chi connectivity index (χ4v) is 2.35. The monoisotopic (exact) mass is 343 g/mol. The van der Waals surface area contributed by atoms with E-state index in [2.05, 4.69) is 21.2 Å². The number of esters is 1. The molecule has 0 bridgehead atoms. The second kappa shape index (κ2) is 7.50. The van der Waals surface area contributed by atoms with Crippen LogP contribution in [0.3, 0.4) is 0 Å². The molecule has 1 aromatic carbocycles. The van der Waals surface area contributed by atoms with E-state index in [-0.39, 0.29) is 5.97 Å². The summed E-state index contributed by atoms with van der Waals surface area (Å²) < 4.78 is 16.9. The SMILES string of the molecule is CCOC(=O)CCNCc1cc2c(cc1Br)OCCO2. The van der Waals surface area contributed by atoms with Crippen LogP contribution >= 0.6 is 15.9 Å². The van der Waals surface area contributed by atoms with Gasteiger partial charge in [-0.15, -0.1) is 0 Å². The molecular weight excluding hydrogens is 326 g/mol. The van der Waals surface area contributed by atoms with Crippen LogP contribution in [-0.2, 0) is 16.1 Å². The maximum absolute atomic E-state index is 11.2. The summed E-state index contributed by atoms with van der Waals surface area (Å²) in [7, 11) is 0. The number of hydrogen-bond acceptors (Lipinski definition) is 5. The van der Waals surface area contributed by atoms with Crippen LogP contribution in [0, 0.1) is 0 Å². The van der Waals surface area contributed by atoms with Crippen molar-refractivity contribution in [2.45, 2.75) is 19.9 Å². The van der Waals surface area contributed by atoms with E-state index in [0.29, 0.717) is 39.3 Å². The number of carbonyl (C=O) groups excluding carboxylic acids is 1. The lowest BCUT2D eigenvalue weighted by atomic mass is 10.2. The Hall–Kier alpha value is -1.27. The third kappa shape index (κ3) is 4.11. The lowest BCUT2D eigenvalue weighted by molar-refractivity contribution is -0.142. The molecule has 1 aliphatic rings. The Morgan fingerprint density at radius 2 is 2.05 bits per heavy atom. The number of ether oxygens (including phenoxy) is 3. The molecule has 6 heteroatoms. The molecule has 1 aliphatic heterocycles. The van der Waals surface area contributed by atoms with Gasteiger partial charge in [0, 0.05) is 17.6 Å². The minimum Gasteiger partial charge on any atom is -0.486 e. The average Bonchev–Trinajstić information content (AvgIpc) is 2.44. The molecule has 0 aliphatic carbocycles. The van der Waals surface area contributed by atoms with Crippen LogP contribution in [-0.4, -0.2) is 32.3 Å². The summed E-state index contributed by atoms with van der Waals surface area (Å²) in [5, 5.41) is 3.21. The zero-order valence-corrected chi connectivity index (χ0v) is 13.0. The molecule has 2 rings (SSSR count). The third-order valence-corrected chi connectivity index (χ3v) is 3.58. The summed E-state index contributed by atoms with van der Waals surface area (Å²) in [5.41, 5.74) is 1.07. The number of nitrogens with one attached hydrogen (secondary N) is 1. The van der Waals surface area contributed by atoms with Crippen molar-refractivity contribution in [3.05, 3.63) is 22.2 Å². The van der Waals surface area contributed by atoms with Crippen molar-refractivity contribution in [3.63, 3.8) is 0 Å². The molecule has 1 heterocycles.